The maximum atomic E-state index is 13.1. The first-order valence-electron chi connectivity index (χ1n) is 13.4. The highest BCUT2D eigenvalue weighted by Crippen LogP contribution is 2.31. The van der Waals surface area contributed by atoms with Crippen LogP contribution in [-0.2, 0) is 16.0 Å². The molecule has 8 heteroatoms. The van der Waals surface area contributed by atoms with Crippen LogP contribution in [0.1, 0.15) is 28.8 Å². The number of hydrogen-bond acceptors (Lipinski definition) is 5. The van der Waals surface area contributed by atoms with Gasteiger partial charge in [-0.15, -0.1) is 0 Å². The van der Waals surface area contributed by atoms with Gasteiger partial charge in [-0.1, -0.05) is 36.4 Å². The zero-order valence-electron chi connectivity index (χ0n) is 21.9. The third-order valence-electron chi connectivity index (χ3n) is 7.10. The van der Waals surface area contributed by atoms with Crippen LogP contribution in [0, 0.1) is 5.92 Å². The first-order chi connectivity index (χ1) is 19.1. The van der Waals surface area contributed by atoms with E-state index < -0.39 is 6.67 Å². The summed E-state index contributed by atoms with van der Waals surface area (Å²) in [6.07, 6.45) is 2.84. The topological polar surface area (TPSA) is 77.1 Å². The standard InChI is InChI=1S/C31H33FN2O5/c32-11-14-37-15-16-38-27-6-2-5-25(19-27)24-4-1-3-23(18-24)17-22-9-12-34(13-10-22)31(36)26-7-8-29-28(20-26)33-30(35)21-39-29/h1-8,18-20,22H,9-17,21H2,(H,33,35). The predicted octanol–water partition coefficient (Wildman–Crippen LogP) is 5.14. The summed E-state index contributed by atoms with van der Waals surface area (Å²) < 4.78 is 28.4. The Bertz CT molecular complexity index is 1310. The van der Waals surface area contributed by atoms with Gasteiger partial charge in [0.25, 0.3) is 11.8 Å². The number of carbonyl (C=O) groups is 2. The second kappa shape index (κ2) is 12.8. The predicted molar refractivity (Wildman–Crippen MR) is 147 cm³/mol. The van der Waals surface area contributed by atoms with Gasteiger partial charge in [-0.05, 0) is 72.2 Å². The summed E-state index contributed by atoms with van der Waals surface area (Å²) in [5.41, 5.74) is 4.58. The molecule has 2 aliphatic heterocycles. The van der Waals surface area contributed by atoms with Gasteiger partial charge in [0.2, 0.25) is 0 Å². The van der Waals surface area contributed by atoms with Crippen molar-refractivity contribution in [3.63, 3.8) is 0 Å². The van der Waals surface area contributed by atoms with Gasteiger partial charge in [0.05, 0.1) is 18.9 Å². The van der Waals surface area contributed by atoms with Gasteiger partial charge in [0, 0.05) is 18.7 Å². The number of nitrogens with one attached hydrogen (secondary N) is 1. The van der Waals surface area contributed by atoms with Crippen molar-refractivity contribution >= 4 is 17.5 Å². The van der Waals surface area contributed by atoms with Crippen LogP contribution in [0.3, 0.4) is 0 Å². The van der Waals surface area contributed by atoms with E-state index >= 15 is 0 Å². The molecule has 5 rings (SSSR count). The number of hydrogen-bond donors (Lipinski definition) is 1. The van der Waals surface area contributed by atoms with Gasteiger partial charge in [0.1, 0.15) is 24.8 Å². The van der Waals surface area contributed by atoms with E-state index in [0.717, 1.165) is 36.1 Å². The number of anilines is 1. The number of fused-ring (bicyclic) bond motifs is 1. The zero-order valence-corrected chi connectivity index (χ0v) is 21.9. The quantitative estimate of drug-likeness (QED) is 0.366. The molecule has 1 N–H and O–H groups in total. The lowest BCUT2D eigenvalue weighted by Crippen LogP contribution is -2.39. The van der Waals surface area contributed by atoms with E-state index in [1.165, 1.54) is 5.56 Å². The molecule has 0 aromatic heterocycles. The summed E-state index contributed by atoms with van der Waals surface area (Å²) in [6, 6.07) is 21.7. The van der Waals surface area contributed by atoms with E-state index in [2.05, 4.69) is 35.6 Å². The lowest BCUT2D eigenvalue weighted by atomic mass is 9.89. The molecule has 0 unspecified atom stereocenters. The number of carbonyl (C=O) groups excluding carboxylic acids is 2. The molecule has 0 spiro atoms. The van der Waals surface area contributed by atoms with Crippen LogP contribution >= 0.6 is 0 Å². The molecule has 3 aromatic carbocycles. The van der Waals surface area contributed by atoms with Crippen molar-refractivity contribution in [2.45, 2.75) is 19.3 Å². The first kappa shape index (κ1) is 26.7. The second-order valence-electron chi connectivity index (χ2n) is 9.87. The monoisotopic (exact) mass is 532 g/mol. The number of rotatable bonds is 10. The average molecular weight is 533 g/mol. The smallest absolute Gasteiger partial charge is 0.262 e. The van der Waals surface area contributed by atoms with E-state index in [1.807, 2.05) is 23.1 Å². The van der Waals surface area contributed by atoms with Crippen molar-refractivity contribution < 1.29 is 28.2 Å². The van der Waals surface area contributed by atoms with E-state index in [0.29, 0.717) is 49.2 Å². The van der Waals surface area contributed by atoms with E-state index in [4.69, 9.17) is 14.2 Å². The summed E-state index contributed by atoms with van der Waals surface area (Å²) in [5.74, 6) is 1.61. The molecule has 0 bridgehead atoms. The Morgan fingerprint density at radius 3 is 2.59 bits per heavy atom. The van der Waals surface area contributed by atoms with Gasteiger partial charge in [-0.2, -0.15) is 0 Å². The number of benzene rings is 3. The number of piperidine rings is 1. The molecule has 2 aliphatic rings. The van der Waals surface area contributed by atoms with Gasteiger partial charge >= 0.3 is 0 Å². The highest BCUT2D eigenvalue weighted by atomic mass is 19.1. The molecule has 204 valence electrons. The van der Waals surface area contributed by atoms with Crippen molar-refractivity contribution in [3.05, 3.63) is 77.9 Å². The number of nitrogens with zero attached hydrogens (tertiary/aromatic N) is 1. The first-order valence-corrected chi connectivity index (χ1v) is 13.4. The van der Waals surface area contributed by atoms with Gasteiger partial charge < -0.3 is 24.4 Å². The molecule has 0 radical (unpaired) electrons. The highest BCUT2D eigenvalue weighted by molar-refractivity contribution is 5.99. The third kappa shape index (κ3) is 6.95. The van der Waals surface area contributed by atoms with Crippen LogP contribution in [0.25, 0.3) is 11.1 Å². The fourth-order valence-electron chi connectivity index (χ4n) is 5.09. The van der Waals surface area contributed by atoms with Crippen molar-refractivity contribution in [2.24, 2.45) is 5.92 Å². The molecule has 7 nitrogen and oxygen atoms in total. The molecule has 0 saturated carbocycles. The van der Waals surface area contributed by atoms with Gasteiger partial charge in [-0.3, -0.25) is 9.59 Å². The molecule has 0 aliphatic carbocycles. The number of halogens is 1. The van der Waals surface area contributed by atoms with Crippen molar-refractivity contribution in [1.29, 1.82) is 0 Å². The largest absolute Gasteiger partial charge is 0.491 e. The lowest BCUT2D eigenvalue weighted by Gasteiger charge is -2.32. The lowest BCUT2D eigenvalue weighted by molar-refractivity contribution is -0.118. The molecular formula is C31H33FN2O5. The fourth-order valence-corrected chi connectivity index (χ4v) is 5.09. The normalized spacial score (nSPS) is 15.3. The van der Waals surface area contributed by atoms with E-state index in [1.54, 1.807) is 18.2 Å². The Morgan fingerprint density at radius 1 is 0.974 bits per heavy atom. The van der Waals surface area contributed by atoms with Crippen LogP contribution < -0.4 is 14.8 Å². The fraction of sp³-hybridized carbons (Fsp3) is 0.355. The molecule has 0 atom stereocenters. The van der Waals surface area contributed by atoms with Crippen LogP contribution in [0.15, 0.2) is 66.7 Å². The molecule has 2 heterocycles. The SMILES string of the molecule is O=C1COc2ccc(C(=O)N3CCC(Cc4cccc(-c5cccc(OCCOCCF)c5)c4)CC3)cc2N1. The van der Waals surface area contributed by atoms with Gasteiger partial charge in [-0.25, -0.2) is 4.39 Å². The van der Waals surface area contributed by atoms with Crippen LogP contribution in [0.4, 0.5) is 10.1 Å². The summed E-state index contributed by atoms with van der Waals surface area (Å²) in [5, 5.41) is 2.77. The molecule has 39 heavy (non-hydrogen) atoms. The maximum Gasteiger partial charge on any atom is 0.262 e. The van der Waals surface area contributed by atoms with Crippen LogP contribution in [0.2, 0.25) is 0 Å². The molecule has 1 fully saturated rings. The minimum absolute atomic E-state index is 0.00311. The Kier molecular flexibility index (Phi) is 8.73. The Hall–Kier alpha value is -3.91. The number of alkyl halides is 1. The molecule has 1 saturated heterocycles. The van der Waals surface area contributed by atoms with E-state index in [9.17, 15) is 14.0 Å². The van der Waals surface area contributed by atoms with Crippen molar-refractivity contribution in [1.82, 2.24) is 4.90 Å². The number of ether oxygens (including phenoxy) is 3. The second-order valence-corrected chi connectivity index (χ2v) is 9.87. The molecule has 2 amide bonds. The van der Waals surface area contributed by atoms with E-state index in [-0.39, 0.29) is 25.0 Å². The summed E-state index contributed by atoms with van der Waals surface area (Å²) in [4.78, 5) is 26.6. The molecular weight excluding hydrogens is 499 g/mol. The maximum absolute atomic E-state index is 13.1. The Balaban J connectivity index is 1.15. The van der Waals surface area contributed by atoms with Crippen LogP contribution in [0.5, 0.6) is 11.5 Å². The Labute approximate surface area is 227 Å². The average Bonchev–Trinajstić information content (AvgIpc) is 2.97. The van der Waals surface area contributed by atoms with Crippen LogP contribution in [-0.4, -0.2) is 62.9 Å². The highest BCUT2D eigenvalue weighted by Gasteiger charge is 2.25. The summed E-state index contributed by atoms with van der Waals surface area (Å²) in [6.45, 7) is 1.75. The third-order valence-corrected chi connectivity index (χ3v) is 7.10. The molecule has 3 aromatic rings. The zero-order chi connectivity index (χ0) is 27.0. The number of amides is 2. The van der Waals surface area contributed by atoms with Gasteiger partial charge in [0.15, 0.2) is 6.61 Å². The number of likely N-dealkylation sites (tertiary alicyclic amines) is 1. The van der Waals surface area contributed by atoms with Crippen molar-refractivity contribution in [3.8, 4) is 22.6 Å². The minimum Gasteiger partial charge on any atom is -0.491 e. The van der Waals surface area contributed by atoms with Crippen molar-refractivity contribution in [2.75, 3.05) is 51.5 Å². The Morgan fingerprint density at radius 2 is 1.77 bits per heavy atom. The summed E-state index contributed by atoms with van der Waals surface area (Å²) in [7, 11) is 0. The minimum atomic E-state index is -0.490. The summed E-state index contributed by atoms with van der Waals surface area (Å²) >= 11 is 0.